The SMILES string of the molecule is CC(C)C1CC2(C1)CC1(CCN(C)CC1)C2. The fourth-order valence-electron chi connectivity index (χ4n) is 4.80. The van der Waals surface area contributed by atoms with E-state index in [-0.39, 0.29) is 0 Å². The molecule has 0 unspecified atom stereocenters. The zero-order chi connectivity index (χ0) is 11.4. The largest absolute Gasteiger partial charge is 0.306 e. The van der Waals surface area contributed by atoms with Crippen LogP contribution in [0.3, 0.4) is 0 Å². The second-order valence-electron chi connectivity index (χ2n) is 7.57. The average Bonchev–Trinajstić information content (AvgIpc) is 2.12. The number of rotatable bonds is 1. The minimum absolute atomic E-state index is 0.800. The predicted octanol–water partition coefficient (Wildman–Crippen LogP) is 3.54. The van der Waals surface area contributed by atoms with Gasteiger partial charge in [-0.3, -0.25) is 0 Å². The van der Waals surface area contributed by atoms with Crippen molar-refractivity contribution in [3.05, 3.63) is 0 Å². The molecule has 92 valence electrons. The van der Waals surface area contributed by atoms with Gasteiger partial charge < -0.3 is 4.90 Å². The van der Waals surface area contributed by atoms with Crippen molar-refractivity contribution in [1.29, 1.82) is 0 Å². The summed E-state index contributed by atoms with van der Waals surface area (Å²) in [4.78, 5) is 2.51. The van der Waals surface area contributed by atoms with E-state index in [2.05, 4.69) is 25.8 Å². The standard InChI is InChI=1S/C15H27N/c1-12(2)13-8-15(9-13)10-14(11-15)4-6-16(3)7-5-14/h12-13H,4-11H2,1-3H3. The molecule has 3 rings (SSSR count). The van der Waals surface area contributed by atoms with Crippen molar-refractivity contribution in [2.24, 2.45) is 22.7 Å². The summed E-state index contributed by atoms with van der Waals surface area (Å²) >= 11 is 0. The van der Waals surface area contributed by atoms with Crippen LogP contribution in [-0.2, 0) is 0 Å². The Morgan fingerprint density at radius 3 is 2.06 bits per heavy atom. The molecule has 1 heteroatoms. The maximum atomic E-state index is 2.51. The molecular formula is C15H27N. The lowest BCUT2D eigenvalue weighted by molar-refractivity contribution is -0.155. The Kier molecular flexibility index (Phi) is 2.41. The molecule has 1 nitrogen and oxygen atoms in total. The van der Waals surface area contributed by atoms with Crippen LogP contribution in [0.1, 0.15) is 52.4 Å². The molecule has 0 radical (unpaired) electrons. The normalized spacial score (nSPS) is 33.0. The Morgan fingerprint density at radius 1 is 1.00 bits per heavy atom. The van der Waals surface area contributed by atoms with Gasteiger partial charge in [-0.1, -0.05) is 13.8 Å². The summed E-state index contributed by atoms with van der Waals surface area (Å²) in [6.45, 7) is 7.51. The molecule has 1 saturated heterocycles. The smallest absolute Gasteiger partial charge is 0.00165 e. The lowest BCUT2D eigenvalue weighted by Crippen LogP contribution is -2.57. The highest BCUT2D eigenvalue weighted by Crippen LogP contribution is 2.69. The molecule has 0 bridgehead atoms. The van der Waals surface area contributed by atoms with Gasteiger partial charge >= 0.3 is 0 Å². The Bertz CT molecular complexity index is 257. The highest BCUT2D eigenvalue weighted by molar-refractivity contribution is 5.10. The van der Waals surface area contributed by atoms with E-state index in [0.29, 0.717) is 0 Å². The lowest BCUT2D eigenvalue weighted by Gasteiger charge is -2.66. The summed E-state index contributed by atoms with van der Waals surface area (Å²) in [5, 5.41) is 0. The zero-order valence-electron chi connectivity index (χ0n) is 11.3. The second kappa shape index (κ2) is 3.48. The average molecular weight is 221 g/mol. The quantitative estimate of drug-likeness (QED) is 0.654. The second-order valence-corrected chi connectivity index (χ2v) is 7.57. The summed E-state index contributed by atoms with van der Waals surface area (Å²) in [5.74, 6) is 1.99. The van der Waals surface area contributed by atoms with E-state index in [1.165, 1.54) is 25.9 Å². The van der Waals surface area contributed by atoms with Crippen LogP contribution in [0.2, 0.25) is 0 Å². The lowest BCUT2D eigenvalue weighted by atomic mass is 9.40. The van der Waals surface area contributed by atoms with Gasteiger partial charge in [-0.25, -0.2) is 0 Å². The first kappa shape index (κ1) is 11.1. The monoisotopic (exact) mass is 221 g/mol. The molecule has 0 amide bonds. The van der Waals surface area contributed by atoms with E-state index in [9.17, 15) is 0 Å². The van der Waals surface area contributed by atoms with Gasteiger partial charge in [-0.2, -0.15) is 0 Å². The molecule has 2 aliphatic carbocycles. The van der Waals surface area contributed by atoms with Gasteiger partial charge in [-0.15, -0.1) is 0 Å². The van der Waals surface area contributed by atoms with Gasteiger partial charge in [0.15, 0.2) is 0 Å². The van der Waals surface area contributed by atoms with Crippen LogP contribution < -0.4 is 0 Å². The van der Waals surface area contributed by atoms with E-state index < -0.39 is 0 Å². The highest BCUT2D eigenvalue weighted by Gasteiger charge is 2.59. The number of piperidine rings is 1. The molecule has 0 atom stereocenters. The van der Waals surface area contributed by atoms with Gasteiger partial charge in [0.1, 0.15) is 0 Å². The van der Waals surface area contributed by atoms with Crippen molar-refractivity contribution in [3.63, 3.8) is 0 Å². The Morgan fingerprint density at radius 2 is 1.56 bits per heavy atom. The molecular weight excluding hydrogens is 194 g/mol. The summed E-state index contributed by atoms with van der Waals surface area (Å²) in [5.41, 5.74) is 1.64. The van der Waals surface area contributed by atoms with Crippen LogP contribution >= 0.6 is 0 Å². The molecule has 1 heterocycles. The third-order valence-corrected chi connectivity index (χ3v) is 5.88. The fraction of sp³-hybridized carbons (Fsp3) is 1.00. The molecule has 0 N–H and O–H groups in total. The number of hydrogen-bond acceptors (Lipinski definition) is 1. The van der Waals surface area contributed by atoms with Gasteiger partial charge in [0.25, 0.3) is 0 Å². The minimum atomic E-state index is 0.800. The summed E-state index contributed by atoms with van der Waals surface area (Å²) in [6.07, 6.45) is 9.24. The molecule has 0 aromatic carbocycles. The number of hydrogen-bond donors (Lipinski definition) is 0. The van der Waals surface area contributed by atoms with Crippen LogP contribution in [-0.4, -0.2) is 25.0 Å². The van der Waals surface area contributed by atoms with Gasteiger partial charge in [0.2, 0.25) is 0 Å². The van der Waals surface area contributed by atoms with E-state index >= 15 is 0 Å². The summed E-state index contributed by atoms with van der Waals surface area (Å²) in [7, 11) is 2.28. The fourth-order valence-corrected chi connectivity index (χ4v) is 4.80. The van der Waals surface area contributed by atoms with Gasteiger partial charge in [-0.05, 0) is 81.3 Å². The van der Waals surface area contributed by atoms with Crippen molar-refractivity contribution in [1.82, 2.24) is 4.90 Å². The third-order valence-electron chi connectivity index (χ3n) is 5.88. The van der Waals surface area contributed by atoms with E-state index in [1.807, 2.05) is 0 Å². The van der Waals surface area contributed by atoms with E-state index in [0.717, 1.165) is 22.7 Å². The van der Waals surface area contributed by atoms with Crippen LogP contribution in [0.4, 0.5) is 0 Å². The van der Waals surface area contributed by atoms with E-state index in [1.54, 1.807) is 25.7 Å². The Balaban J connectivity index is 1.52. The van der Waals surface area contributed by atoms with Crippen molar-refractivity contribution in [3.8, 4) is 0 Å². The molecule has 1 aliphatic heterocycles. The maximum absolute atomic E-state index is 2.51. The van der Waals surface area contributed by atoms with Crippen molar-refractivity contribution in [2.75, 3.05) is 20.1 Å². The molecule has 2 saturated carbocycles. The first-order valence-corrected chi connectivity index (χ1v) is 7.21. The molecule has 2 spiro atoms. The van der Waals surface area contributed by atoms with Crippen molar-refractivity contribution in [2.45, 2.75) is 52.4 Å². The maximum Gasteiger partial charge on any atom is -0.00165 e. The van der Waals surface area contributed by atoms with E-state index in [4.69, 9.17) is 0 Å². The minimum Gasteiger partial charge on any atom is -0.306 e. The summed E-state index contributed by atoms with van der Waals surface area (Å²) in [6, 6.07) is 0. The van der Waals surface area contributed by atoms with Crippen LogP contribution in [0.25, 0.3) is 0 Å². The Labute approximate surface area is 101 Å². The number of nitrogens with zero attached hydrogens (tertiary/aromatic N) is 1. The van der Waals surface area contributed by atoms with Crippen LogP contribution in [0.5, 0.6) is 0 Å². The third kappa shape index (κ3) is 1.63. The molecule has 3 fully saturated rings. The molecule has 0 aromatic heterocycles. The molecule has 16 heavy (non-hydrogen) atoms. The van der Waals surface area contributed by atoms with Crippen LogP contribution in [0, 0.1) is 22.7 Å². The summed E-state index contributed by atoms with van der Waals surface area (Å²) < 4.78 is 0. The first-order valence-electron chi connectivity index (χ1n) is 7.21. The Hall–Kier alpha value is -0.0400. The van der Waals surface area contributed by atoms with Crippen molar-refractivity contribution >= 4 is 0 Å². The predicted molar refractivity (Wildman–Crippen MR) is 68.4 cm³/mol. The van der Waals surface area contributed by atoms with Gasteiger partial charge in [0, 0.05) is 0 Å². The van der Waals surface area contributed by atoms with Gasteiger partial charge in [0.05, 0.1) is 0 Å². The molecule has 3 aliphatic rings. The number of likely N-dealkylation sites (tertiary alicyclic amines) is 1. The topological polar surface area (TPSA) is 3.24 Å². The first-order chi connectivity index (χ1) is 7.53. The van der Waals surface area contributed by atoms with Crippen molar-refractivity contribution < 1.29 is 0 Å². The zero-order valence-corrected chi connectivity index (χ0v) is 11.3. The molecule has 0 aromatic rings. The van der Waals surface area contributed by atoms with Crippen LogP contribution in [0.15, 0.2) is 0 Å². The highest BCUT2D eigenvalue weighted by atomic mass is 15.1.